The van der Waals surface area contributed by atoms with E-state index in [0.29, 0.717) is 12.5 Å². The van der Waals surface area contributed by atoms with Crippen molar-refractivity contribution in [2.24, 2.45) is 5.92 Å². The summed E-state index contributed by atoms with van der Waals surface area (Å²) in [5, 5.41) is 8.52. The summed E-state index contributed by atoms with van der Waals surface area (Å²) in [5.74, 6) is 0.207. The smallest absolute Gasteiger partial charge is 0.303 e. The third-order valence-electron chi connectivity index (χ3n) is 3.61. The lowest BCUT2D eigenvalue weighted by atomic mass is 9.93. The second-order valence-electron chi connectivity index (χ2n) is 5.22. The summed E-state index contributed by atoms with van der Waals surface area (Å²) in [7, 11) is 0. The van der Waals surface area contributed by atoms with Gasteiger partial charge in [0.05, 0.1) is 0 Å². The van der Waals surface area contributed by atoms with E-state index in [2.05, 4.69) is 18.7 Å². The predicted molar refractivity (Wildman–Crippen MR) is 65.5 cm³/mol. The highest BCUT2D eigenvalue weighted by atomic mass is 16.4. The molecule has 1 saturated heterocycles. The maximum absolute atomic E-state index is 10.3. The van der Waals surface area contributed by atoms with Gasteiger partial charge in [-0.25, -0.2) is 0 Å². The molecule has 1 aliphatic rings. The molecule has 0 aromatic carbocycles. The molecular formula is C13H25NO2. The standard InChI is InChI=1S/C13H25NO2/c1-11-7-9-14(12(2)10-11)8-5-3-4-6-13(15)16/h11-12H,3-10H2,1-2H3,(H,15,16). The average molecular weight is 227 g/mol. The monoisotopic (exact) mass is 227 g/mol. The van der Waals surface area contributed by atoms with E-state index < -0.39 is 5.97 Å². The lowest BCUT2D eigenvalue weighted by Gasteiger charge is -2.36. The van der Waals surface area contributed by atoms with Gasteiger partial charge in [0, 0.05) is 12.5 Å². The van der Waals surface area contributed by atoms with Crippen molar-refractivity contribution in [2.75, 3.05) is 13.1 Å². The van der Waals surface area contributed by atoms with Gasteiger partial charge >= 0.3 is 5.97 Å². The second-order valence-corrected chi connectivity index (χ2v) is 5.22. The highest BCUT2D eigenvalue weighted by molar-refractivity contribution is 5.66. The number of likely N-dealkylation sites (tertiary alicyclic amines) is 1. The maximum Gasteiger partial charge on any atom is 0.303 e. The molecule has 3 nitrogen and oxygen atoms in total. The molecule has 0 aromatic heterocycles. The van der Waals surface area contributed by atoms with Gasteiger partial charge in [0.1, 0.15) is 0 Å². The van der Waals surface area contributed by atoms with Crippen LogP contribution in [-0.2, 0) is 4.79 Å². The van der Waals surface area contributed by atoms with Crippen molar-refractivity contribution in [2.45, 2.75) is 58.4 Å². The molecule has 0 spiro atoms. The van der Waals surface area contributed by atoms with E-state index in [9.17, 15) is 4.79 Å². The summed E-state index contributed by atoms with van der Waals surface area (Å²) < 4.78 is 0. The molecule has 2 unspecified atom stereocenters. The van der Waals surface area contributed by atoms with Gasteiger partial charge in [-0.2, -0.15) is 0 Å². The van der Waals surface area contributed by atoms with Crippen molar-refractivity contribution in [3.63, 3.8) is 0 Å². The minimum absolute atomic E-state index is 0.326. The molecule has 16 heavy (non-hydrogen) atoms. The summed E-state index contributed by atoms with van der Waals surface area (Å²) in [6.45, 7) is 7.02. The van der Waals surface area contributed by atoms with Crippen LogP contribution in [-0.4, -0.2) is 35.1 Å². The number of carboxylic acids is 1. The van der Waals surface area contributed by atoms with Crippen molar-refractivity contribution in [3.05, 3.63) is 0 Å². The fraction of sp³-hybridized carbons (Fsp3) is 0.923. The molecule has 1 fully saturated rings. The summed E-state index contributed by atoms with van der Waals surface area (Å²) in [6.07, 6.45) is 5.98. The van der Waals surface area contributed by atoms with E-state index in [4.69, 9.17) is 5.11 Å². The van der Waals surface area contributed by atoms with Gasteiger partial charge in [0.15, 0.2) is 0 Å². The minimum atomic E-state index is -0.667. The topological polar surface area (TPSA) is 40.5 Å². The van der Waals surface area contributed by atoms with Crippen molar-refractivity contribution < 1.29 is 9.90 Å². The lowest BCUT2D eigenvalue weighted by Crippen LogP contribution is -2.40. The van der Waals surface area contributed by atoms with Crippen molar-refractivity contribution >= 4 is 5.97 Å². The largest absolute Gasteiger partial charge is 0.481 e. The highest BCUT2D eigenvalue weighted by Gasteiger charge is 2.21. The van der Waals surface area contributed by atoms with Crippen LogP contribution >= 0.6 is 0 Å². The first-order chi connectivity index (χ1) is 7.59. The molecule has 1 N–H and O–H groups in total. The maximum atomic E-state index is 10.3. The van der Waals surface area contributed by atoms with Crippen LogP contribution < -0.4 is 0 Å². The normalized spacial score (nSPS) is 26.9. The van der Waals surface area contributed by atoms with Crippen LogP contribution in [0, 0.1) is 5.92 Å². The molecule has 1 aliphatic heterocycles. The van der Waals surface area contributed by atoms with Crippen LogP contribution in [0.2, 0.25) is 0 Å². The highest BCUT2D eigenvalue weighted by Crippen LogP contribution is 2.22. The first kappa shape index (κ1) is 13.5. The Morgan fingerprint density at radius 1 is 1.31 bits per heavy atom. The van der Waals surface area contributed by atoms with E-state index in [1.54, 1.807) is 0 Å². The summed E-state index contributed by atoms with van der Waals surface area (Å²) in [5.41, 5.74) is 0. The van der Waals surface area contributed by atoms with Crippen LogP contribution in [0.4, 0.5) is 0 Å². The van der Waals surface area contributed by atoms with Gasteiger partial charge in [-0.3, -0.25) is 4.79 Å². The van der Waals surface area contributed by atoms with Crippen LogP contribution in [0.1, 0.15) is 52.4 Å². The molecule has 0 radical (unpaired) electrons. The fourth-order valence-electron chi connectivity index (χ4n) is 2.56. The number of aliphatic carboxylic acids is 1. The zero-order valence-corrected chi connectivity index (χ0v) is 10.6. The number of nitrogens with zero attached hydrogens (tertiary/aromatic N) is 1. The number of unbranched alkanes of at least 4 members (excludes halogenated alkanes) is 2. The first-order valence-corrected chi connectivity index (χ1v) is 6.55. The van der Waals surface area contributed by atoms with Crippen LogP contribution in [0.5, 0.6) is 0 Å². The number of hydrogen-bond acceptors (Lipinski definition) is 2. The van der Waals surface area contributed by atoms with E-state index in [1.165, 1.54) is 19.4 Å². The Morgan fingerprint density at radius 2 is 2.06 bits per heavy atom. The van der Waals surface area contributed by atoms with Crippen molar-refractivity contribution in [1.82, 2.24) is 4.90 Å². The Morgan fingerprint density at radius 3 is 2.69 bits per heavy atom. The molecule has 0 aromatic rings. The summed E-state index contributed by atoms with van der Waals surface area (Å²) in [4.78, 5) is 12.9. The van der Waals surface area contributed by atoms with Crippen LogP contribution in [0.3, 0.4) is 0 Å². The van der Waals surface area contributed by atoms with Crippen molar-refractivity contribution in [3.8, 4) is 0 Å². The number of carbonyl (C=O) groups is 1. The van der Waals surface area contributed by atoms with Gasteiger partial charge in [-0.15, -0.1) is 0 Å². The van der Waals surface area contributed by atoms with E-state index in [1.807, 2.05) is 0 Å². The molecule has 2 atom stereocenters. The number of hydrogen-bond donors (Lipinski definition) is 1. The second kappa shape index (κ2) is 6.89. The van der Waals surface area contributed by atoms with Crippen LogP contribution in [0.25, 0.3) is 0 Å². The molecule has 0 bridgehead atoms. The molecule has 94 valence electrons. The molecule has 0 saturated carbocycles. The third kappa shape index (κ3) is 4.97. The Labute approximate surface area is 98.8 Å². The van der Waals surface area contributed by atoms with Crippen molar-refractivity contribution in [1.29, 1.82) is 0 Å². The van der Waals surface area contributed by atoms with Gasteiger partial charge in [-0.05, 0) is 51.6 Å². The minimum Gasteiger partial charge on any atom is -0.481 e. The van der Waals surface area contributed by atoms with Gasteiger partial charge in [0.25, 0.3) is 0 Å². The van der Waals surface area contributed by atoms with E-state index in [-0.39, 0.29) is 0 Å². The molecule has 1 rings (SSSR count). The zero-order valence-electron chi connectivity index (χ0n) is 10.6. The van der Waals surface area contributed by atoms with Gasteiger partial charge in [0.2, 0.25) is 0 Å². The lowest BCUT2D eigenvalue weighted by molar-refractivity contribution is -0.137. The number of carboxylic acid groups (broad SMARTS) is 1. The van der Waals surface area contributed by atoms with Crippen LogP contribution in [0.15, 0.2) is 0 Å². The Kier molecular flexibility index (Phi) is 5.81. The average Bonchev–Trinajstić information content (AvgIpc) is 2.20. The molecule has 3 heteroatoms. The Hall–Kier alpha value is -0.570. The summed E-state index contributed by atoms with van der Waals surface area (Å²) in [6, 6.07) is 0.711. The number of rotatable bonds is 6. The Balaban J connectivity index is 2.06. The van der Waals surface area contributed by atoms with E-state index >= 15 is 0 Å². The molecule has 0 amide bonds. The van der Waals surface area contributed by atoms with E-state index in [0.717, 1.165) is 31.7 Å². The number of piperidine rings is 1. The quantitative estimate of drug-likeness (QED) is 0.709. The third-order valence-corrected chi connectivity index (χ3v) is 3.61. The van der Waals surface area contributed by atoms with Gasteiger partial charge in [-0.1, -0.05) is 13.3 Å². The molecular weight excluding hydrogens is 202 g/mol. The SMILES string of the molecule is CC1CCN(CCCCCC(=O)O)C(C)C1. The first-order valence-electron chi connectivity index (χ1n) is 6.55. The predicted octanol–water partition coefficient (Wildman–Crippen LogP) is 2.75. The zero-order chi connectivity index (χ0) is 12.0. The Bertz CT molecular complexity index is 218. The van der Waals surface area contributed by atoms with Gasteiger partial charge < -0.3 is 10.0 Å². The summed E-state index contributed by atoms with van der Waals surface area (Å²) >= 11 is 0. The molecule has 0 aliphatic carbocycles. The fourth-order valence-corrected chi connectivity index (χ4v) is 2.56. The molecule has 1 heterocycles.